The molecule has 86 valence electrons. The monoisotopic (exact) mass is 257 g/mol. The van der Waals surface area contributed by atoms with Crippen molar-refractivity contribution in [3.63, 3.8) is 0 Å². The highest BCUT2D eigenvalue weighted by atomic mass is 32.2. The van der Waals surface area contributed by atoms with Crippen molar-refractivity contribution in [3.05, 3.63) is 30.1 Å². The molecule has 0 atom stereocenters. The Labute approximate surface area is 102 Å². The molecule has 0 radical (unpaired) electrons. The van der Waals surface area contributed by atoms with Crippen LogP contribution in [0, 0.1) is 0 Å². The summed E-state index contributed by atoms with van der Waals surface area (Å²) in [5.41, 5.74) is 6.45. The average Bonchev–Trinajstić information content (AvgIpc) is 2.31. The molecule has 0 fully saturated rings. The maximum Gasteiger partial charge on any atom is 0.222 e. The minimum Gasteiger partial charge on any atom is -0.382 e. The van der Waals surface area contributed by atoms with Gasteiger partial charge < -0.3 is 5.73 Å². The molecule has 0 aliphatic carbocycles. The number of aromatic nitrogens is 1. The van der Waals surface area contributed by atoms with Crippen LogP contribution in [0.3, 0.4) is 0 Å². The molecule has 0 bridgehead atoms. The molecule has 16 heavy (non-hydrogen) atoms. The van der Waals surface area contributed by atoms with Gasteiger partial charge in [-0.1, -0.05) is 0 Å². The van der Waals surface area contributed by atoms with E-state index in [1.165, 1.54) is 35.9 Å². The number of hydrogen-bond donors (Lipinski definition) is 2. The molecule has 0 saturated heterocycles. The first-order valence-electron chi connectivity index (χ1n) is 4.37. The lowest BCUT2D eigenvalue weighted by Crippen LogP contribution is -2.29. The predicted octanol–water partition coefficient (Wildman–Crippen LogP) is 0.914. The number of nitrogens with two attached hydrogens (primary N) is 1. The van der Waals surface area contributed by atoms with Gasteiger partial charge in [-0.3, -0.25) is 5.21 Å². The molecule has 0 aromatic carbocycles. The van der Waals surface area contributed by atoms with Gasteiger partial charge in [0.05, 0.1) is 0 Å². The van der Waals surface area contributed by atoms with Crippen molar-refractivity contribution in [2.45, 2.75) is 0 Å². The highest BCUT2D eigenvalue weighted by Gasteiger charge is 2.02. The summed E-state index contributed by atoms with van der Waals surface area (Å²) in [4.78, 5) is 0. The highest BCUT2D eigenvalue weighted by Crippen LogP contribution is 2.10. The maximum absolute atomic E-state index is 9.03. The third-order valence-corrected chi connectivity index (χ3v) is 3.56. The molecule has 0 unspecified atom stereocenters. The summed E-state index contributed by atoms with van der Waals surface area (Å²) >= 11 is 3.03. The van der Waals surface area contributed by atoms with Gasteiger partial charge in [-0.25, -0.2) is 0 Å². The third-order valence-electron chi connectivity index (χ3n) is 1.70. The smallest absolute Gasteiger partial charge is 0.222 e. The van der Waals surface area contributed by atoms with E-state index in [2.05, 4.69) is 10.2 Å². The molecular formula is C9H13N4OS2+. The fourth-order valence-corrected chi connectivity index (χ4v) is 1.82. The van der Waals surface area contributed by atoms with Crippen LogP contribution in [0.15, 0.2) is 34.7 Å². The van der Waals surface area contributed by atoms with E-state index in [-0.39, 0.29) is 0 Å². The second-order valence-electron chi connectivity index (χ2n) is 2.73. The van der Waals surface area contributed by atoms with E-state index in [4.69, 9.17) is 10.9 Å². The molecule has 3 N–H and O–H groups in total. The first-order valence-corrected chi connectivity index (χ1v) is 6.82. The topological polar surface area (TPSA) is 74.8 Å². The molecule has 7 heteroatoms. The van der Waals surface area contributed by atoms with E-state index in [0.717, 1.165) is 14.7 Å². The Morgan fingerprint density at radius 2 is 1.81 bits per heavy atom. The van der Waals surface area contributed by atoms with Gasteiger partial charge in [0.2, 0.25) is 12.4 Å². The minimum absolute atomic E-state index is 0.321. The van der Waals surface area contributed by atoms with Crippen LogP contribution in [0.5, 0.6) is 0 Å². The Kier molecular flexibility index (Phi) is 5.13. The maximum atomic E-state index is 9.03. The summed E-state index contributed by atoms with van der Waals surface area (Å²) in [6, 6.07) is 3.32. The Hall–Kier alpha value is -1.21. The molecule has 1 heterocycles. The predicted molar refractivity (Wildman–Crippen MR) is 69.0 cm³/mol. The molecule has 0 aliphatic heterocycles. The number of nitrogens with zero attached hydrogens (tertiary/aromatic N) is 3. The number of amidine groups is 1. The van der Waals surface area contributed by atoms with E-state index < -0.39 is 0 Å². The van der Waals surface area contributed by atoms with Crippen LogP contribution in [-0.4, -0.2) is 27.9 Å². The fraction of sp³-hybridized carbons (Fsp3) is 0.222. The summed E-state index contributed by atoms with van der Waals surface area (Å²) in [5, 5.41) is 16.9. The lowest BCUT2D eigenvalue weighted by molar-refractivity contribution is -0.904. The van der Waals surface area contributed by atoms with Crippen molar-refractivity contribution < 1.29 is 9.94 Å². The molecule has 0 spiro atoms. The summed E-state index contributed by atoms with van der Waals surface area (Å²) < 4.78 is 1.78. The Morgan fingerprint density at radius 1 is 1.25 bits per heavy atom. The zero-order chi connectivity index (χ0) is 12.0. The zero-order valence-corrected chi connectivity index (χ0v) is 10.6. The van der Waals surface area contributed by atoms with Crippen LogP contribution in [0.4, 0.5) is 0 Å². The first kappa shape index (κ1) is 12.9. The number of rotatable bonds is 2. The normalized spacial score (nSPS) is 11.2. The Bertz CT molecular complexity index is 396. The van der Waals surface area contributed by atoms with Gasteiger partial charge in [0.1, 0.15) is 0 Å². The molecule has 0 aliphatic rings. The van der Waals surface area contributed by atoms with Gasteiger partial charge in [0.25, 0.3) is 0 Å². The van der Waals surface area contributed by atoms with Crippen molar-refractivity contribution in [3.8, 4) is 0 Å². The second kappa shape index (κ2) is 6.39. The third kappa shape index (κ3) is 3.74. The average molecular weight is 257 g/mol. The molecule has 0 saturated carbocycles. The zero-order valence-electron chi connectivity index (χ0n) is 8.99. The van der Waals surface area contributed by atoms with E-state index in [1.54, 1.807) is 12.1 Å². The lowest BCUT2D eigenvalue weighted by atomic mass is 10.2. The van der Waals surface area contributed by atoms with Crippen LogP contribution in [0.25, 0.3) is 0 Å². The number of thioether (sulfide) groups is 2. The highest BCUT2D eigenvalue weighted by molar-refractivity contribution is 8.38. The largest absolute Gasteiger partial charge is 0.382 e. The van der Waals surface area contributed by atoms with Crippen molar-refractivity contribution in [2.24, 2.45) is 15.9 Å². The van der Waals surface area contributed by atoms with Crippen LogP contribution in [-0.2, 0) is 0 Å². The molecule has 1 aromatic heterocycles. The van der Waals surface area contributed by atoms with Crippen molar-refractivity contribution in [1.82, 2.24) is 0 Å². The van der Waals surface area contributed by atoms with Gasteiger partial charge >= 0.3 is 0 Å². The number of pyridine rings is 1. The van der Waals surface area contributed by atoms with Crippen LogP contribution in [0.1, 0.15) is 5.56 Å². The quantitative estimate of drug-likeness (QED) is 0.271. The Balaban J connectivity index is 2.85. The fourth-order valence-electron chi connectivity index (χ4n) is 0.907. The summed E-state index contributed by atoms with van der Waals surface area (Å²) in [7, 11) is 0. The van der Waals surface area contributed by atoms with Crippen molar-refractivity contribution >= 4 is 33.7 Å². The standard InChI is InChI=1S/C9H13N4OS2/c1-15-9(16-2)12-11-8(10)7-3-5-13(14)6-4-7/h3-6,14H,1-2H3,(H2,10,11)/q+1. The summed E-state index contributed by atoms with van der Waals surface area (Å²) in [6.07, 6.45) is 6.81. The van der Waals surface area contributed by atoms with Crippen molar-refractivity contribution in [1.29, 1.82) is 0 Å². The van der Waals surface area contributed by atoms with E-state index in [1.807, 2.05) is 12.5 Å². The van der Waals surface area contributed by atoms with E-state index >= 15 is 0 Å². The van der Waals surface area contributed by atoms with Crippen LogP contribution < -0.4 is 10.5 Å². The molecule has 1 rings (SSSR count). The minimum atomic E-state index is 0.321. The SMILES string of the molecule is CSC(=N/N=C(\N)c1cc[n+](O)cc1)SC. The number of hydrogen-bond acceptors (Lipinski definition) is 5. The van der Waals surface area contributed by atoms with E-state index in [9.17, 15) is 0 Å². The van der Waals surface area contributed by atoms with Gasteiger partial charge in [0.15, 0.2) is 10.2 Å². The van der Waals surface area contributed by atoms with Gasteiger partial charge in [-0.15, -0.1) is 33.7 Å². The second-order valence-corrected chi connectivity index (χ2v) is 4.57. The van der Waals surface area contributed by atoms with Gasteiger partial charge in [-0.05, 0) is 12.5 Å². The van der Waals surface area contributed by atoms with Crippen LogP contribution in [0.2, 0.25) is 0 Å². The van der Waals surface area contributed by atoms with Crippen molar-refractivity contribution in [2.75, 3.05) is 12.5 Å². The van der Waals surface area contributed by atoms with E-state index in [0.29, 0.717) is 5.84 Å². The Morgan fingerprint density at radius 3 is 2.31 bits per heavy atom. The van der Waals surface area contributed by atoms with Gasteiger partial charge in [0, 0.05) is 22.4 Å². The van der Waals surface area contributed by atoms with Crippen LogP contribution >= 0.6 is 23.5 Å². The lowest BCUT2D eigenvalue weighted by Gasteiger charge is -1.97. The summed E-state index contributed by atoms with van der Waals surface area (Å²) in [5.74, 6) is 0.321. The first-order chi connectivity index (χ1) is 7.67. The molecular weight excluding hydrogens is 244 g/mol. The molecule has 0 amide bonds. The molecule has 1 aromatic rings. The summed E-state index contributed by atoms with van der Waals surface area (Å²) in [6.45, 7) is 0. The molecule has 5 nitrogen and oxygen atoms in total. The van der Waals surface area contributed by atoms with Gasteiger partial charge in [-0.2, -0.15) is 0 Å².